The minimum atomic E-state index is -0.168. The number of nitrogens with zero attached hydrogens (tertiary/aromatic N) is 2. The molecule has 4 aromatic rings. The maximum atomic E-state index is 14.0. The molecule has 5 nitrogen and oxygen atoms in total. The molecule has 5 heteroatoms. The van der Waals surface area contributed by atoms with E-state index in [9.17, 15) is 9.59 Å². The lowest BCUT2D eigenvalue weighted by Crippen LogP contribution is -2.45. The molecule has 0 radical (unpaired) electrons. The normalized spacial score (nSPS) is 19.2. The average molecular weight is 440 g/mol. The van der Waals surface area contributed by atoms with Gasteiger partial charge in [0.25, 0.3) is 5.91 Å². The molecule has 6 rings (SSSR count). The van der Waals surface area contributed by atoms with Crippen molar-refractivity contribution in [3.63, 3.8) is 0 Å². The first-order chi connectivity index (χ1) is 16.1. The minimum absolute atomic E-state index is 0.00914. The molecule has 33 heavy (non-hydrogen) atoms. The maximum Gasteiger partial charge on any atom is 0.259 e. The second-order valence-electron chi connectivity index (χ2n) is 9.65. The van der Waals surface area contributed by atoms with Gasteiger partial charge in [0, 0.05) is 41.8 Å². The number of hydrogen-bond acceptors (Lipinski definition) is 2. The summed E-state index contributed by atoms with van der Waals surface area (Å²) in [6.45, 7) is 0.644. The summed E-state index contributed by atoms with van der Waals surface area (Å²) in [6, 6.07) is 16.0. The third-order valence-electron chi connectivity index (χ3n) is 7.76. The first kappa shape index (κ1) is 20.3. The molecular weight excluding hydrogens is 410 g/mol. The Hall–Kier alpha value is -3.34. The molecule has 2 aromatic heterocycles. The largest absolute Gasteiger partial charge is 0.356 e. The summed E-state index contributed by atoms with van der Waals surface area (Å²) in [5.74, 6) is 0.278. The van der Waals surface area contributed by atoms with Gasteiger partial charge in [0.2, 0.25) is 5.43 Å². The Kier molecular flexibility index (Phi) is 4.86. The Bertz CT molecular complexity index is 1420. The number of carbonyl (C=O) groups is 1. The first-order valence-corrected chi connectivity index (χ1v) is 12.1. The van der Waals surface area contributed by atoms with Crippen LogP contribution in [0.2, 0.25) is 0 Å². The quantitative estimate of drug-likeness (QED) is 0.458. The fourth-order valence-electron chi connectivity index (χ4n) is 6.18. The summed E-state index contributed by atoms with van der Waals surface area (Å²) >= 11 is 0. The van der Waals surface area contributed by atoms with Gasteiger partial charge in [-0.2, -0.15) is 0 Å². The smallest absolute Gasteiger partial charge is 0.259 e. The molecule has 0 bridgehead atoms. The molecule has 1 unspecified atom stereocenters. The molecule has 1 N–H and O–H groups in total. The van der Waals surface area contributed by atoms with E-state index < -0.39 is 0 Å². The lowest BCUT2D eigenvalue weighted by molar-refractivity contribution is 0.0532. The number of fused-ring (bicyclic) bond motifs is 4. The van der Waals surface area contributed by atoms with Gasteiger partial charge in [-0.25, -0.2) is 0 Å². The average Bonchev–Trinajstić information content (AvgIpc) is 3.24. The minimum Gasteiger partial charge on any atom is -0.356 e. The van der Waals surface area contributed by atoms with Crippen LogP contribution in [-0.2, 0) is 13.5 Å². The van der Waals surface area contributed by atoms with Gasteiger partial charge in [0.1, 0.15) is 5.56 Å². The van der Waals surface area contributed by atoms with E-state index in [1.807, 2.05) is 40.8 Å². The van der Waals surface area contributed by atoms with Gasteiger partial charge in [0.05, 0.1) is 11.6 Å². The van der Waals surface area contributed by atoms with Crippen molar-refractivity contribution in [3.05, 3.63) is 81.8 Å². The van der Waals surface area contributed by atoms with Crippen molar-refractivity contribution < 1.29 is 4.79 Å². The van der Waals surface area contributed by atoms with Crippen LogP contribution in [0.25, 0.3) is 21.8 Å². The van der Waals surface area contributed by atoms with E-state index in [2.05, 4.69) is 29.2 Å². The number of hydrogen-bond donors (Lipinski definition) is 1. The third kappa shape index (κ3) is 3.21. The van der Waals surface area contributed by atoms with E-state index in [0.717, 1.165) is 30.3 Å². The fraction of sp³-hybridized carbons (Fsp3) is 0.357. The van der Waals surface area contributed by atoms with Crippen molar-refractivity contribution in [1.82, 2.24) is 14.5 Å². The highest BCUT2D eigenvalue weighted by molar-refractivity contribution is 5.98. The number of para-hydroxylation sites is 2. The summed E-state index contributed by atoms with van der Waals surface area (Å²) < 4.78 is 1.90. The van der Waals surface area contributed by atoms with Gasteiger partial charge in [-0.05, 0) is 48.9 Å². The number of nitrogens with one attached hydrogen (secondary N) is 1. The number of benzene rings is 2. The van der Waals surface area contributed by atoms with Crippen LogP contribution in [0, 0.1) is 5.92 Å². The van der Waals surface area contributed by atoms with E-state index in [-0.39, 0.29) is 22.9 Å². The summed E-state index contributed by atoms with van der Waals surface area (Å²) in [4.78, 5) is 33.0. The van der Waals surface area contributed by atoms with Gasteiger partial charge in [-0.1, -0.05) is 49.6 Å². The maximum absolute atomic E-state index is 14.0. The Balaban J connectivity index is 1.48. The van der Waals surface area contributed by atoms with Crippen LogP contribution >= 0.6 is 0 Å². The van der Waals surface area contributed by atoms with Crippen molar-refractivity contribution in [2.75, 3.05) is 6.54 Å². The van der Waals surface area contributed by atoms with E-state index >= 15 is 0 Å². The van der Waals surface area contributed by atoms with Gasteiger partial charge >= 0.3 is 0 Å². The summed E-state index contributed by atoms with van der Waals surface area (Å²) in [5.41, 5.74) is 4.62. The summed E-state index contributed by atoms with van der Waals surface area (Å²) in [7, 11) is 1.91. The molecular formula is C28H29N3O2. The Morgan fingerprint density at radius 3 is 2.52 bits per heavy atom. The van der Waals surface area contributed by atoms with Crippen LogP contribution in [0.3, 0.4) is 0 Å². The van der Waals surface area contributed by atoms with Crippen LogP contribution in [0.5, 0.6) is 0 Å². The van der Waals surface area contributed by atoms with Crippen molar-refractivity contribution in [1.29, 1.82) is 0 Å². The lowest BCUT2D eigenvalue weighted by Gasteiger charge is -2.41. The molecule has 1 atom stereocenters. The van der Waals surface area contributed by atoms with Crippen LogP contribution in [-0.4, -0.2) is 26.9 Å². The number of H-pyrrole nitrogens is 1. The lowest BCUT2D eigenvalue weighted by atomic mass is 9.79. The molecule has 1 aliphatic carbocycles. The molecule has 0 spiro atoms. The van der Waals surface area contributed by atoms with E-state index in [4.69, 9.17) is 0 Å². The zero-order valence-electron chi connectivity index (χ0n) is 19.0. The molecule has 2 aromatic carbocycles. The van der Waals surface area contributed by atoms with Gasteiger partial charge < -0.3 is 14.5 Å². The number of aromatic amines is 1. The Labute approximate surface area is 193 Å². The molecule has 0 saturated heterocycles. The molecule has 3 heterocycles. The number of aromatic nitrogens is 2. The third-order valence-corrected chi connectivity index (χ3v) is 7.76. The zero-order chi connectivity index (χ0) is 22.5. The predicted octanol–water partition coefficient (Wildman–Crippen LogP) is 5.34. The predicted molar refractivity (Wildman–Crippen MR) is 132 cm³/mol. The number of carbonyl (C=O) groups excluding carboxylic acids is 1. The first-order valence-electron chi connectivity index (χ1n) is 12.1. The number of pyridine rings is 1. The van der Waals surface area contributed by atoms with Crippen molar-refractivity contribution in [3.8, 4) is 0 Å². The highest BCUT2D eigenvalue weighted by Gasteiger charge is 2.39. The molecule has 1 aliphatic heterocycles. The fourth-order valence-corrected chi connectivity index (χ4v) is 6.18. The Morgan fingerprint density at radius 2 is 1.70 bits per heavy atom. The number of rotatable bonds is 2. The molecule has 1 fully saturated rings. The van der Waals surface area contributed by atoms with Crippen LogP contribution in [0.1, 0.15) is 59.8 Å². The number of aryl methyl sites for hydroxylation is 1. The molecule has 2 aliphatic rings. The van der Waals surface area contributed by atoms with Crippen molar-refractivity contribution in [2.45, 2.75) is 44.6 Å². The van der Waals surface area contributed by atoms with Gasteiger partial charge in [-0.15, -0.1) is 0 Å². The van der Waals surface area contributed by atoms with Gasteiger partial charge in [-0.3, -0.25) is 9.59 Å². The summed E-state index contributed by atoms with van der Waals surface area (Å²) in [6.07, 6.45) is 8.46. The highest BCUT2D eigenvalue weighted by atomic mass is 16.2. The van der Waals surface area contributed by atoms with Crippen LogP contribution in [0.4, 0.5) is 0 Å². The van der Waals surface area contributed by atoms with Crippen molar-refractivity contribution >= 4 is 27.7 Å². The molecule has 168 valence electrons. The number of amides is 1. The van der Waals surface area contributed by atoms with E-state index in [1.54, 1.807) is 6.20 Å². The monoisotopic (exact) mass is 439 g/mol. The second kappa shape index (κ2) is 7.91. The van der Waals surface area contributed by atoms with Crippen LogP contribution < -0.4 is 5.43 Å². The highest BCUT2D eigenvalue weighted by Crippen LogP contribution is 2.44. The zero-order valence-corrected chi connectivity index (χ0v) is 19.0. The standard InChI is InChI=1S/C28H29N3O2/c1-30-17-22(27(32)21-12-6-8-14-24(21)30)28(33)31-16-15-20-19-11-5-7-13-23(19)29-25(20)26(31)18-9-3-2-4-10-18/h5-8,11-14,17-18,26,29H,2-4,9-10,15-16H2,1H3. The second-order valence-corrected chi connectivity index (χ2v) is 9.65. The molecule has 1 saturated carbocycles. The SMILES string of the molecule is Cn1cc(C(=O)N2CCc3c([nH]c4ccccc34)C2C2CCCCC2)c(=O)c2ccccc21. The summed E-state index contributed by atoms with van der Waals surface area (Å²) in [5, 5.41) is 1.87. The van der Waals surface area contributed by atoms with Crippen LogP contribution in [0.15, 0.2) is 59.5 Å². The van der Waals surface area contributed by atoms with E-state index in [1.165, 1.54) is 35.9 Å². The van der Waals surface area contributed by atoms with E-state index in [0.29, 0.717) is 17.8 Å². The van der Waals surface area contributed by atoms with Crippen molar-refractivity contribution in [2.24, 2.45) is 13.0 Å². The van der Waals surface area contributed by atoms with Gasteiger partial charge in [0.15, 0.2) is 0 Å². The topological polar surface area (TPSA) is 58.1 Å². The molecule has 1 amide bonds. The Morgan fingerprint density at radius 1 is 0.970 bits per heavy atom.